The largest absolute Gasteiger partial charge is 0.324 e. The van der Waals surface area contributed by atoms with Crippen LogP contribution in [-0.4, -0.2) is 45.0 Å². The second kappa shape index (κ2) is 10.2. The molecule has 0 bridgehead atoms. The maximum Gasteiger partial charge on any atom is 0.264 e. The Morgan fingerprint density at radius 1 is 1.03 bits per heavy atom. The van der Waals surface area contributed by atoms with Gasteiger partial charge < -0.3 is 5.32 Å². The number of hydrogen-bond acceptors (Lipinski definition) is 7. The van der Waals surface area contributed by atoms with Crippen LogP contribution in [0.2, 0.25) is 5.02 Å². The van der Waals surface area contributed by atoms with Crippen LogP contribution in [0.15, 0.2) is 59.6 Å². The highest BCUT2D eigenvalue weighted by Gasteiger charge is 2.30. The number of halogens is 1. The van der Waals surface area contributed by atoms with Crippen molar-refractivity contribution in [1.82, 2.24) is 9.97 Å². The summed E-state index contributed by atoms with van der Waals surface area (Å²) in [4.78, 5) is 20.8. The average Bonchev–Trinajstić information content (AvgIpc) is 2.75. The Hall–Kier alpha value is -3.22. The molecule has 0 saturated carbocycles. The number of nitrogens with zero attached hydrogens (tertiary/aromatic N) is 3. The summed E-state index contributed by atoms with van der Waals surface area (Å²) in [5, 5.41) is 2.94. The number of anilines is 3. The number of benzene rings is 2. The zero-order chi connectivity index (χ0) is 26.0. The van der Waals surface area contributed by atoms with Crippen molar-refractivity contribution in [2.45, 2.75) is 31.7 Å². The van der Waals surface area contributed by atoms with Crippen LogP contribution in [-0.2, 0) is 24.8 Å². The molecule has 1 aromatic heterocycles. The molecular weight excluding hydrogens is 514 g/mol. The fraction of sp³-hybridized carbons (Fsp3) is 0.227. The Bertz CT molecular complexity index is 1460. The van der Waals surface area contributed by atoms with E-state index in [1.807, 2.05) is 0 Å². The number of nitrogens with one attached hydrogen (secondary N) is 2. The number of hydrogen-bond donors (Lipinski definition) is 2. The molecule has 3 aromatic rings. The van der Waals surface area contributed by atoms with E-state index < -0.39 is 32.0 Å². The van der Waals surface area contributed by atoms with Gasteiger partial charge in [-0.2, -0.15) is 0 Å². The Balaban J connectivity index is 1.79. The van der Waals surface area contributed by atoms with Gasteiger partial charge in [0.2, 0.25) is 21.9 Å². The lowest BCUT2D eigenvalue weighted by Crippen LogP contribution is -2.45. The molecule has 35 heavy (non-hydrogen) atoms. The molecule has 186 valence electrons. The quantitative estimate of drug-likeness (QED) is 0.449. The molecule has 13 heteroatoms. The summed E-state index contributed by atoms with van der Waals surface area (Å²) in [7, 11) is -7.80. The number of carbonyl (C=O) groups excluding carboxylic acids is 1. The molecule has 1 atom stereocenters. The molecule has 0 radical (unpaired) electrons. The minimum atomic E-state index is -3.96. The maximum atomic E-state index is 12.9. The van der Waals surface area contributed by atoms with E-state index in [-0.39, 0.29) is 22.2 Å². The van der Waals surface area contributed by atoms with Gasteiger partial charge >= 0.3 is 0 Å². The molecular formula is C22H24ClN5O5S2. The third kappa shape index (κ3) is 6.47. The second-order valence-electron chi connectivity index (χ2n) is 7.81. The summed E-state index contributed by atoms with van der Waals surface area (Å²) < 4.78 is 53.6. The molecule has 3 rings (SSSR count). The van der Waals surface area contributed by atoms with Crippen LogP contribution in [0.1, 0.15) is 18.2 Å². The predicted molar refractivity (Wildman–Crippen MR) is 136 cm³/mol. The van der Waals surface area contributed by atoms with E-state index in [1.54, 1.807) is 32.0 Å². The van der Waals surface area contributed by atoms with Gasteiger partial charge in [0.05, 0.1) is 16.8 Å². The summed E-state index contributed by atoms with van der Waals surface area (Å²) in [6, 6.07) is 10.7. The minimum Gasteiger partial charge on any atom is -0.324 e. The van der Waals surface area contributed by atoms with Gasteiger partial charge in [-0.05, 0) is 68.8 Å². The summed E-state index contributed by atoms with van der Waals surface area (Å²) in [6.45, 7) is 4.86. The zero-order valence-corrected chi connectivity index (χ0v) is 21.7. The van der Waals surface area contributed by atoms with Crippen molar-refractivity contribution in [1.29, 1.82) is 0 Å². The number of aromatic nitrogens is 2. The summed E-state index contributed by atoms with van der Waals surface area (Å²) in [5.74, 6) is -0.676. The van der Waals surface area contributed by atoms with Gasteiger partial charge in [0.15, 0.2) is 0 Å². The third-order valence-corrected chi connectivity index (χ3v) is 7.76. The first-order valence-electron chi connectivity index (χ1n) is 10.3. The van der Waals surface area contributed by atoms with Crippen molar-refractivity contribution in [3.8, 4) is 0 Å². The Kier molecular flexibility index (Phi) is 7.68. The topological polar surface area (TPSA) is 138 Å². The van der Waals surface area contributed by atoms with Gasteiger partial charge in [-0.3, -0.25) is 9.10 Å². The number of sulfonamides is 2. The maximum absolute atomic E-state index is 12.9. The lowest BCUT2D eigenvalue weighted by atomic mass is 10.1. The van der Waals surface area contributed by atoms with E-state index in [0.29, 0.717) is 16.3 Å². The first-order valence-corrected chi connectivity index (χ1v) is 14.0. The van der Waals surface area contributed by atoms with Crippen LogP contribution in [0.5, 0.6) is 0 Å². The molecule has 0 fully saturated rings. The predicted octanol–water partition coefficient (Wildman–Crippen LogP) is 3.34. The lowest BCUT2D eigenvalue weighted by Gasteiger charge is -2.29. The first-order chi connectivity index (χ1) is 16.3. The van der Waals surface area contributed by atoms with Gasteiger partial charge in [0.1, 0.15) is 6.04 Å². The number of rotatable bonds is 8. The van der Waals surface area contributed by atoms with Crippen LogP contribution in [0.25, 0.3) is 0 Å². The smallest absolute Gasteiger partial charge is 0.264 e. The molecule has 0 aliphatic carbocycles. The monoisotopic (exact) mass is 537 g/mol. The average molecular weight is 538 g/mol. The highest BCUT2D eigenvalue weighted by molar-refractivity contribution is 7.92. The van der Waals surface area contributed by atoms with Crippen molar-refractivity contribution in [3.05, 3.63) is 71.0 Å². The number of carbonyl (C=O) groups is 1. The Morgan fingerprint density at radius 3 is 2.29 bits per heavy atom. The molecule has 0 aliphatic heterocycles. The number of amides is 1. The molecule has 1 amide bonds. The van der Waals surface area contributed by atoms with Gasteiger partial charge in [0, 0.05) is 22.6 Å². The first kappa shape index (κ1) is 26.4. The summed E-state index contributed by atoms with van der Waals surface area (Å²) in [6.07, 6.45) is 2.44. The summed E-state index contributed by atoms with van der Waals surface area (Å²) in [5.41, 5.74) is 1.79. The van der Waals surface area contributed by atoms with Gasteiger partial charge in [-0.25, -0.2) is 31.5 Å². The molecule has 2 aromatic carbocycles. The third-order valence-electron chi connectivity index (χ3n) is 4.95. The van der Waals surface area contributed by atoms with Gasteiger partial charge in [-0.15, -0.1) is 0 Å². The highest BCUT2D eigenvalue weighted by Crippen LogP contribution is 2.28. The van der Waals surface area contributed by atoms with Crippen LogP contribution in [0.3, 0.4) is 0 Å². The Morgan fingerprint density at radius 2 is 1.69 bits per heavy atom. The zero-order valence-electron chi connectivity index (χ0n) is 19.4. The van der Waals surface area contributed by atoms with Crippen molar-refractivity contribution in [2.24, 2.45) is 0 Å². The fourth-order valence-electron chi connectivity index (χ4n) is 3.24. The van der Waals surface area contributed by atoms with E-state index in [1.165, 1.54) is 43.5 Å². The molecule has 10 nitrogen and oxygen atoms in total. The van der Waals surface area contributed by atoms with E-state index >= 15 is 0 Å². The van der Waals surface area contributed by atoms with Crippen molar-refractivity contribution in [2.75, 3.05) is 20.6 Å². The second-order valence-corrected chi connectivity index (χ2v) is 11.8. The molecule has 0 spiro atoms. The van der Waals surface area contributed by atoms with Crippen LogP contribution >= 0.6 is 11.6 Å². The Labute approximate surface area is 209 Å². The summed E-state index contributed by atoms with van der Waals surface area (Å²) >= 11 is 6.05. The van der Waals surface area contributed by atoms with Crippen molar-refractivity contribution < 1.29 is 21.6 Å². The van der Waals surface area contributed by atoms with Crippen molar-refractivity contribution in [3.63, 3.8) is 0 Å². The van der Waals surface area contributed by atoms with E-state index in [0.717, 1.165) is 10.6 Å². The van der Waals surface area contributed by atoms with E-state index in [9.17, 15) is 21.6 Å². The van der Waals surface area contributed by atoms with Crippen molar-refractivity contribution >= 4 is 54.9 Å². The lowest BCUT2D eigenvalue weighted by molar-refractivity contribution is -0.116. The van der Waals surface area contributed by atoms with E-state index in [2.05, 4.69) is 20.0 Å². The molecule has 0 aliphatic rings. The molecule has 2 N–H and O–H groups in total. The van der Waals surface area contributed by atoms with Crippen LogP contribution in [0, 0.1) is 13.8 Å². The molecule has 1 unspecified atom stereocenters. The van der Waals surface area contributed by atoms with Gasteiger partial charge in [0.25, 0.3) is 10.0 Å². The van der Waals surface area contributed by atoms with Crippen LogP contribution < -0.4 is 14.3 Å². The van der Waals surface area contributed by atoms with E-state index in [4.69, 9.17) is 11.6 Å². The van der Waals surface area contributed by atoms with Crippen LogP contribution in [0.4, 0.5) is 17.3 Å². The standard InChI is InChI=1S/C22H24ClN5O5S2/c1-14-5-6-17(23)13-20(14)28(34(4,30)31)16(3)21(29)26-18-7-9-19(10-8-18)35(32,33)27-22-24-12-11-15(2)25-22/h5-13,16H,1-4H3,(H,26,29)(H,24,25,27). The SMILES string of the molecule is Cc1ccnc(NS(=O)(=O)c2ccc(NC(=O)C(C)N(c3cc(Cl)ccc3C)S(C)(=O)=O)cc2)n1. The molecule has 0 saturated heterocycles. The highest BCUT2D eigenvalue weighted by atomic mass is 35.5. The number of aryl methyl sites for hydroxylation is 2. The minimum absolute atomic E-state index is 0.0617. The normalized spacial score (nSPS) is 12.6. The molecule has 1 heterocycles. The fourth-order valence-corrected chi connectivity index (χ4v) is 5.58. The van der Waals surface area contributed by atoms with Gasteiger partial charge in [-0.1, -0.05) is 17.7 Å².